The van der Waals surface area contributed by atoms with E-state index in [2.05, 4.69) is 13.8 Å². The van der Waals surface area contributed by atoms with Crippen LogP contribution in [0.5, 0.6) is 11.5 Å². The van der Waals surface area contributed by atoms with Crippen molar-refractivity contribution in [2.24, 2.45) is 0 Å². The third kappa shape index (κ3) is 11.0. The molecule has 0 unspecified atom stereocenters. The summed E-state index contributed by atoms with van der Waals surface area (Å²) in [4.78, 5) is 0. The molecule has 2 nitrogen and oxygen atoms in total. The molecule has 0 saturated carbocycles. The average Bonchev–Trinajstić information content (AvgIpc) is 2.82. The maximum Gasteiger partial charge on any atom is 0.277 e. The zero-order chi connectivity index (χ0) is 23.8. The van der Waals surface area contributed by atoms with Gasteiger partial charge < -0.3 is 9.47 Å². The Bertz CT molecular complexity index is 741. The molecule has 2 aromatic carbocycles. The summed E-state index contributed by atoms with van der Waals surface area (Å²) in [5, 5.41) is 0. The van der Waals surface area contributed by atoms with Crippen LogP contribution in [0.1, 0.15) is 95.6 Å². The average molecular weight is 461 g/mol. The molecule has 0 heterocycles. The van der Waals surface area contributed by atoms with Crippen LogP contribution in [-0.2, 0) is 12.3 Å². The number of halogens is 2. The van der Waals surface area contributed by atoms with Gasteiger partial charge in [-0.15, -0.1) is 0 Å². The maximum absolute atomic E-state index is 14.8. The van der Waals surface area contributed by atoms with Crippen LogP contribution in [0.3, 0.4) is 0 Å². The SMILES string of the molecule is CCCCCCCCOc1ccc(CC(F)(F)c2ccc(OCCCCCCC)cc2)cc1. The minimum atomic E-state index is -2.93. The van der Waals surface area contributed by atoms with Crippen molar-refractivity contribution in [2.75, 3.05) is 13.2 Å². The molecular formula is C29H42F2O2. The lowest BCUT2D eigenvalue weighted by molar-refractivity contribution is -0.00387. The van der Waals surface area contributed by atoms with Crippen LogP contribution < -0.4 is 9.47 Å². The molecule has 0 fully saturated rings. The number of hydrogen-bond acceptors (Lipinski definition) is 2. The lowest BCUT2D eigenvalue weighted by Gasteiger charge is -2.18. The molecule has 4 heteroatoms. The van der Waals surface area contributed by atoms with Crippen molar-refractivity contribution in [1.29, 1.82) is 0 Å². The monoisotopic (exact) mass is 460 g/mol. The van der Waals surface area contributed by atoms with E-state index in [0.29, 0.717) is 24.5 Å². The predicted octanol–water partition coefficient (Wildman–Crippen LogP) is 9.11. The number of rotatable bonds is 18. The third-order valence-corrected chi connectivity index (χ3v) is 5.91. The first-order valence-electron chi connectivity index (χ1n) is 12.9. The second kappa shape index (κ2) is 15.7. The third-order valence-electron chi connectivity index (χ3n) is 5.91. The van der Waals surface area contributed by atoms with Gasteiger partial charge in [-0.05, 0) is 54.8 Å². The highest BCUT2D eigenvalue weighted by Gasteiger charge is 2.31. The Hall–Kier alpha value is -2.10. The predicted molar refractivity (Wildman–Crippen MR) is 134 cm³/mol. The molecule has 2 rings (SSSR count). The van der Waals surface area contributed by atoms with Crippen molar-refractivity contribution >= 4 is 0 Å². The van der Waals surface area contributed by atoms with E-state index >= 15 is 0 Å². The van der Waals surface area contributed by atoms with E-state index in [1.54, 1.807) is 36.4 Å². The lowest BCUT2D eigenvalue weighted by atomic mass is 10.0. The van der Waals surface area contributed by atoms with Crippen LogP contribution in [-0.4, -0.2) is 13.2 Å². The second-order valence-corrected chi connectivity index (χ2v) is 8.93. The number of unbranched alkanes of at least 4 members (excludes halogenated alkanes) is 9. The molecule has 0 aliphatic heterocycles. The fourth-order valence-corrected chi connectivity index (χ4v) is 3.83. The quantitative estimate of drug-likeness (QED) is 0.206. The second-order valence-electron chi connectivity index (χ2n) is 8.93. The first kappa shape index (κ1) is 27.1. The Morgan fingerprint density at radius 1 is 0.576 bits per heavy atom. The minimum Gasteiger partial charge on any atom is -0.494 e. The van der Waals surface area contributed by atoms with Crippen molar-refractivity contribution in [1.82, 2.24) is 0 Å². The smallest absolute Gasteiger partial charge is 0.277 e. The number of hydrogen-bond donors (Lipinski definition) is 0. The molecule has 0 atom stereocenters. The van der Waals surface area contributed by atoms with Crippen molar-refractivity contribution in [3.63, 3.8) is 0 Å². The van der Waals surface area contributed by atoms with Gasteiger partial charge in [0, 0.05) is 12.0 Å². The summed E-state index contributed by atoms with van der Waals surface area (Å²) >= 11 is 0. The van der Waals surface area contributed by atoms with E-state index in [0.717, 1.165) is 25.0 Å². The largest absolute Gasteiger partial charge is 0.494 e. The number of alkyl halides is 2. The summed E-state index contributed by atoms with van der Waals surface area (Å²) in [7, 11) is 0. The van der Waals surface area contributed by atoms with Crippen LogP contribution >= 0.6 is 0 Å². The Kier molecular flexibility index (Phi) is 12.9. The highest BCUT2D eigenvalue weighted by molar-refractivity contribution is 5.33. The Morgan fingerprint density at radius 2 is 1.00 bits per heavy atom. The first-order chi connectivity index (χ1) is 16.0. The van der Waals surface area contributed by atoms with E-state index in [9.17, 15) is 8.78 Å². The topological polar surface area (TPSA) is 18.5 Å². The van der Waals surface area contributed by atoms with Crippen LogP contribution in [0.2, 0.25) is 0 Å². The highest BCUT2D eigenvalue weighted by Crippen LogP contribution is 2.33. The molecule has 0 amide bonds. The summed E-state index contributed by atoms with van der Waals surface area (Å²) in [6.07, 6.45) is 12.8. The molecule has 0 aliphatic rings. The zero-order valence-corrected chi connectivity index (χ0v) is 20.6. The van der Waals surface area contributed by atoms with Gasteiger partial charge in [0.25, 0.3) is 5.92 Å². The van der Waals surface area contributed by atoms with Crippen LogP contribution in [0.4, 0.5) is 8.78 Å². The van der Waals surface area contributed by atoms with Crippen molar-refractivity contribution in [3.05, 3.63) is 59.7 Å². The summed E-state index contributed by atoms with van der Waals surface area (Å²) in [5.74, 6) is -1.54. The molecule has 2 aromatic rings. The molecule has 184 valence electrons. The Labute approximate surface area is 199 Å². The molecule has 0 saturated heterocycles. The summed E-state index contributed by atoms with van der Waals surface area (Å²) < 4.78 is 41.1. The van der Waals surface area contributed by atoms with Gasteiger partial charge >= 0.3 is 0 Å². The van der Waals surface area contributed by atoms with Gasteiger partial charge in [-0.3, -0.25) is 0 Å². The maximum atomic E-state index is 14.8. The molecule has 0 radical (unpaired) electrons. The molecule has 0 aliphatic carbocycles. The Morgan fingerprint density at radius 3 is 1.48 bits per heavy atom. The van der Waals surface area contributed by atoms with Gasteiger partial charge in [-0.2, -0.15) is 0 Å². The van der Waals surface area contributed by atoms with Gasteiger partial charge in [0.2, 0.25) is 0 Å². The van der Waals surface area contributed by atoms with Crippen molar-refractivity contribution in [2.45, 2.75) is 96.8 Å². The van der Waals surface area contributed by atoms with Gasteiger partial charge in [0.05, 0.1) is 13.2 Å². The van der Waals surface area contributed by atoms with E-state index in [1.807, 2.05) is 0 Å². The van der Waals surface area contributed by atoms with Crippen LogP contribution in [0.25, 0.3) is 0 Å². The molecule has 0 N–H and O–H groups in total. The number of benzene rings is 2. The fourth-order valence-electron chi connectivity index (χ4n) is 3.83. The molecule has 0 aromatic heterocycles. The van der Waals surface area contributed by atoms with E-state index in [1.165, 1.54) is 63.5 Å². The standard InChI is InChI=1S/C29H42F2O2/c1-3-5-7-9-11-13-23-32-27-18-14-25(15-19-27)24-29(30,31)26-16-20-28(21-17-26)33-22-12-10-8-6-4-2/h14-21H,3-13,22-24H2,1-2H3. The van der Waals surface area contributed by atoms with Gasteiger partial charge in [-0.25, -0.2) is 8.78 Å². The lowest BCUT2D eigenvalue weighted by Crippen LogP contribution is -2.17. The van der Waals surface area contributed by atoms with Crippen LogP contribution in [0.15, 0.2) is 48.5 Å². The van der Waals surface area contributed by atoms with Crippen LogP contribution in [0, 0.1) is 0 Å². The highest BCUT2D eigenvalue weighted by atomic mass is 19.3. The summed E-state index contributed by atoms with van der Waals surface area (Å²) in [6.45, 7) is 5.71. The van der Waals surface area contributed by atoms with Gasteiger partial charge in [-0.1, -0.05) is 83.8 Å². The fraction of sp³-hybridized carbons (Fsp3) is 0.586. The zero-order valence-electron chi connectivity index (χ0n) is 20.6. The Balaban J connectivity index is 1.74. The van der Waals surface area contributed by atoms with Crippen molar-refractivity contribution in [3.8, 4) is 11.5 Å². The van der Waals surface area contributed by atoms with E-state index in [-0.39, 0.29) is 12.0 Å². The van der Waals surface area contributed by atoms with Gasteiger partial charge in [0.1, 0.15) is 11.5 Å². The van der Waals surface area contributed by atoms with Gasteiger partial charge in [0.15, 0.2) is 0 Å². The van der Waals surface area contributed by atoms with E-state index < -0.39 is 5.92 Å². The molecule has 0 spiro atoms. The number of ether oxygens (including phenoxy) is 2. The van der Waals surface area contributed by atoms with E-state index in [4.69, 9.17) is 9.47 Å². The molecular weight excluding hydrogens is 418 g/mol. The summed E-state index contributed by atoms with van der Waals surface area (Å²) in [6, 6.07) is 13.3. The normalized spacial score (nSPS) is 11.5. The van der Waals surface area contributed by atoms with Crippen molar-refractivity contribution < 1.29 is 18.3 Å². The molecule has 0 bridgehead atoms. The molecule has 33 heavy (non-hydrogen) atoms. The minimum absolute atomic E-state index is 0.0150. The summed E-state index contributed by atoms with van der Waals surface area (Å²) in [5.41, 5.74) is 0.612. The first-order valence-corrected chi connectivity index (χ1v) is 12.9.